The van der Waals surface area contributed by atoms with Gasteiger partial charge in [-0.15, -0.1) is 12.4 Å². The summed E-state index contributed by atoms with van der Waals surface area (Å²) in [4.78, 5) is 32.2. The van der Waals surface area contributed by atoms with Gasteiger partial charge in [-0.3, -0.25) is 9.59 Å². The van der Waals surface area contributed by atoms with Crippen molar-refractivity contribution in [2.75, 3.05) is 13.1 Å². The molecule has 3 rings (SSSR count). The van der Waals surface area contributed by atoms with Gasteiger partial charge in [0.05, 0.1) is 6.20 Å². The summed E-state index contributed by atoms with van der Waals surface area (Å²) in [5, 5.41) is 2.97. The number of aromatic nitrogens is 1. The van der Waals surface area contributed by atoms with E-state index in [0.717, 1.165) is 24.8 Å². The Morgan fingerprint density at radius 1 is 0.970 bits per heavy atom. The number of carbonyl (C=O) groups excluding carboxylic acids is 2. The topological polar surface area (TPSA) is 75.4 Å². The summed E-state index contributed by atoms with van der Waals surface area (Å²) in [6.45, 7) is 7.95. The number of rotatable bonds is 10. The Bertz CT molecular complexity index is 1040. The number of hydrogen-bond donors (Lipinski definition) is 1. The minimum absolute atomic E-state index is 0. The molecule has 2 amide bonds. The fraction of sp³-hybridized carbons (Fsp3) is 0.346. The fourth-order valence-corrected chi connectivity index (χ4v) is 3.65. The molecule has 0 unspecified atom stereocenters. The largest absolute Gasteiger partial charge is 0.445 e. The zero-order valence-corrected chi connectivity index (χ0v) is 20.3. The maximum atomic E-state index is 13.2. The van der Waals surface area contributed by atoms with Crippen molar-refractivity contribution in [3.8, 4) is 11.5 Å². The van der Waals surface area contributed by atoms with Crippen LogP contribution in [0.5, 0.6) is 0 Å². The second kappa shape index (κ2) is 12.8. The van der Waals surface area contributed by atoms with Gasteiger partial charge in [0.25, 0.3) is 11.8 Å². The van der Waals surface area contributed by atoms with Gasteiger partial charge < -0.3 is 14.6 Å². The minimum Gasteiger partial charge on any atom is -0.445 e. The number of oxazole rings is 1. The predicted octanol–water partition coefficient (Wildman–Crippen LogP) is 5.52. The van der Waals surface area contributed by atoms with Crippen LogP contribution < -0.4 is 5.32 Å². The second-order valence-corrected chi connectivity index (χ2v) is 7.78. The highest BCUT2D eigenvalue weighted by Crippen LogP contribution is 2.22. The van der Waals surface area contributed by atoms with Gasteiger partial charge in [0.1, 0.15) is 6.26 Å². The molecule has 1 heterocycles. The minimum atomic E-state index is -0.244. The number of aryl methyl sites for hydroxylation is 1. The summed E-state index contributed by atoms with van der Waals surface area (Å²) < 4.78 is 5.43. The lowest BCUT2D eigenvalue weighted by Crippen LogP contribution is -2.33. The normalized spacial score (nSPS) is 10.4. The van der Waals surface area contributed by atoms with Crippen molar-refractivity contribution in [2.24, 2.45) is 0 Å². The van der Waals surface area contributed by atoms with Crippen LogP contribution in [-0.4, -0.2) is 34.8 Å². The molecule has 0 aliphatic carbocycles. The van der Waals surface area contributed by atoms with Crippen molar-refractivity contribution in [1.82, 2.24) is 15.2 Å². The van der Waals surface area contributed by atoms with Gasteiger partial charge in [-0.2, -0.15) is 0 Å². The van der Waals surface area contributed by atoms with E-state index in [-0.39, 0.29) is 24.2 Å². The zero-order chi connectivity index (χ0) is 22.9. The molecule has 176 valence electrons. The van der Waals surface area contributed by atoms with Crippen LogP contribution in [0.15, 0.2) is 59.3 Å². The van der Waals surface area contributed by atoms with Gasteiger partial charge >= 0.3 is 0 Å². The molecule has 1 aromatic heterocycles. The van der Waals surface area contributed by atoms with E-state index in [1.54, 1.807) is 24.4 Å². The molecular weight excluding hydrogens is 438 g/mol. The van der Waals surface area contributed by atoms with E-state index in [4.69, 9.17) is 4.42 Å². The predicted molar refractivity (Wildman–Crippen MR) is 133 cm³/mol. The van der Waals surface area contributed by atoms with E-state index in [0.29, 0.717) is 42.2 Å². The maximum absolute atomic E-state index is 13.2. The van der Waals surface area contributed by atoms with E-state index in [1.165, 1.54) is 11.8 Å². The van der Waals surface area contributed by atoms with Gasteiger partial charge in [0, 0.05) is 36.3 Å². The number of amides is 2. The third-order valence-corrected chi connectivity index (χ3v) is 5.25. The molecule has 1 N–H and O–H groups in total. The van der Waals surface area contributed by atoms with Crippen LogP contribution in [0.2, 0.25) is 0 Å². The fourth-order valence-electron chi connectivity index (χ4n) is 3.65. The maximum Gasteiger partial charge on any atom is 0.253 e. The zero-order valence-electron chi connectivity index (χ0n) is 19.5. The molecule has 0 saturated heterocycles. The highest BCUT2D eigenvalue weighted by molar-refractivity contribution is 6.01. The Hall–Kier alpha value is -3.12. The van der Waals surface area contributed by atoms with Crippen molar-refractivity contribution in [3.05, 3.63) is 77.2 Å². The average molecular weight is 470 g/mol. The smallest absolute Gasteiger partial charge is 0.253 e. The molecule has 0 bridgehead atoms. The quantitative estimate of drug-likeness (QED) is 0.424. The van der Waals surface area contributed by atoms with Crippen LogP contribution in [0, 0.1) is 0 Å². The van der Waals surface area contributed by atoms with Crippen molar-refractivity contribution < 1.29 is 14.0 Å². The van der Waals surface area contributed by atoms with Gasteiger partial charge in [0.15, 0.2) is 0 Å². The number of benzene rings is 2. The molecule has 0 radical (unpaired) electrons. The van der Waals surface area contributed by atoms with Crippen molar-refractivity contribution >= 4 is 24.2 Å². The van der Waals surface area contributed by atoms with Gasteiger partial charge in [0.2, 0.25) is 5.89 Å². The highest BCUT2D eigenvalue weighted by Gasteiger charge is 2.19. The van der Waals surface area contributed by atoms with Crippen molar-refractivity contribution in [2.45, 2.75) is 46.6 Å². The Labute approximate surface area is 201 Å². The first-order valence-corrected chi connectivity index (χ1v) is 11.3. The van der Waals surface area contributed by atoms with Crippen LogP contribution in [0.4, 0.5) is 0 Å². The monoisotopic (exact) mass is 469 g/mol. The summed E-state index contributed by atoms with van der Waals surface area (Å²) in [6.07, 6.45) is 5.71. The molecular formula is C26H32ClN3O3. The van der Waals surface area contributed by atoms with E-state index in [1.807, 2.05) is 30.9 Å². The third-order valence-electron chi connectivity index (χ3n) is 5.25. The first-order valence-electron chi connectivity index (χ1n) is 11.3. The molecule has 0 spiro atoms. The molecule has 0 fully saturated rings. The summed E-state index contributed by atoms with van der Waals surface area (Å²) >= 11 is 0. The Balaban J connectivity index is 0.00000385. The average Bonchev–Trinajstić information content (AvgIpc) is 3.37. The Morgan fingerprint density at radius 3 is 2.30 bits per heavy atom. The highest BCUT2D eigenvalue weighted by atomic mass is 35.5. The van der Waals surface area contributed by atoms with Crippen molar-refractivity contribution in [3.63, 3.8) is 0 Å². The molecule has 3 aromatic rings. The van der Waals surface area contributed by atoms with Crippen LogP contribution >= 0.6 is 12.4 Å². The number of hydrogen-bond acceptors (Lipinski definition) is 4. The number of nitrogens with zero attached hydrogens (tertiary/aromatic N) is 2. The molecule has 0 aliphatic rings. The number of halogens is 1. The van der Waals surface area contributed by atoms with Gasteiger partial charge in [-0.1, -0.05) is 45.0 Å². The van der Waals surface area contributed by atoms with Crippen LogP contribution in [0.1, 0.15) is 65.5 Å². The molecule has 33 heavy (non-hydrogen) atoms. The standard InChI is InChI=1S/C26H31N3O3.ClH/c1-4-11-29(12-5-2)26(31)23-16-21(15-22(17-23)25-27-10-13-32-25)24(30)28-18-20-9-7-8-19(6-3)14-20;/h7-10,13-17H,4-6,11-12,18H2,1-3H3,(H,28,30);1H. The molecule has 2 aromatic carbocycles. The Kier molecular flexibility index (Phi) is 10.1. The van der Waals surface area contributed by atoms with Gasteiger partial charge in [-0.25, -0.2) is 4.98 Å². The molecule has 7 heteroatoms. The molecule has 0 saturated carbocycles. The molecule has 6 nitrogen and oxygen atoms in total. The third kappa shape index (κ3) is 6.93. The summed E-state index contributed by atoms with van der Waals surface area (Å²) in [7, 11) is 0. The summed E-state index contributed by atoms with van der Waals surface area (Å²) in [5.74, 6) is 0.0422. The first-order chi connectivity index (χ1) is 15.5. The first kappa shape index (κ1) is 26.1. The van der Waals surface area contributed by atoms with E-state index < -0.39 is 0 Å². The van der Waals surface area contributed by atoms with Crippen LogP contribution in [-0.2, 0) is 13.0 Å². The lowest BCUT2D eigenvalue weighted by molar-refractivity contribution is 0.0755. The lowest BCUT2D eigenvalue weighted by atomic mass is 10.0. The second-order valence-electron chi connectivity index (χ2n) is 7.78. The number of carbonyl (C=O) groups is 2. The lowest BCUT2D eigenvalue weighted by Gasteiger charge is -2.22. The van der Waals surface area contributed by atoms with E-state index in [9.17, 15) is 9.59 Å². The van der Waals surface area contributed by atoms with Crippen LogP contribution in [0.25, 0.3) is 11.5 Å². The molecule has 0 aliphatic heterocycles. The molecule has 0 atom stereocenters. The SMILES string of the molecule is CCCN(CCC)C(=O)c1cc(C(=O)NCc2cccc(CC)c2)cc(-c2ncco2)c1.Cl. The van der Waals surface area contributed by atoms with E-state index >= 15 is 0 Å². The summed E-state index contributed by atoms with van der Waals surface area (Å²) in [6, 6.07) is 13.3. The summed E-state index contributed by atoms with van der Waals surface area (Å²) in [5.41, 5.74) is 3.73. The van der Waals surface area contributed by atoms with Gasteiger partial charge in [-0.05, 0) is 48.6 Å². The van der Waals surface area contributed by atoms with Crippen LogP contribution in [0.3, 0.4) is 0 Å². The Morgan fingerprint density at radius 2 is 1.67 bits per heavy atom. The number of nitrogens with one attached hydrogen (secondary N) is 1. The van der Waals surface area contributed by atoms with Crippen molar-refractivity contribution in [1.29, 1.82) is 0 Å². The van der Waals surface area contributed by atoms with E-state index in [2.05, 4.69) is 29.4 Å².